The molecule has 0 amide bonds. The molecule has 0 aliphatic carbocycles. The lowest BCUT2D eigenvalue weighted by Gasteiger charge is -2.19. The van der Waals surface area contributed by atoms with Crippen LogP contribution < -0.4 is 0 Å². The molecular formula is C17H32ClNS. The summed E-state index contributed by atoms with van der Waals surface area (Å²) in [5.41, 5.74) is 0. The van der Waals surface area contributed by atoms with Crippen molar-refractivity contribution in [3.63, 3.8) is 0 Å². The highest BCUT2D eigenvalue weighted by Crippen LogP contribution is 2.28. The maximum Gasteiger partial charge on any atom is 0.154 e. The van der Waals surface area contributed by atoms with E-state index in [0.29, 0.717) is 0 Å². The van der Waals surface area contributed by atoms with E-state index < -0.39 is 0 Å². The van der Waals surface area contributed by atoms with E-state index in [1.54, 1.807) is 11.8 Å². The molecule has 1 unspecified atom stereocenters. The largest absolute Gasteiger partial charge is 0.352 e. The molecule has 20 heavy (non-hydrogen) atoms. The van der Waals surface area contributed by atoms with Gasteiger partial charge in [0.25, 0.3) is 0 Å². The van der Waals surface area contributed by atoms with Crippen LogP contribution in [0.5, 0.6) is 0 Å². The molecule has 0 bridgehead atoms. The Morgan fingerprint density at radius 1 is 0.850 bits per heavy atom. The lowest BCUT2D eigenvalue weighted by molar-refractivity contribution is 0.399. The molecule has 0 aromatic rings. The molecule has 1 nitrogen and oxygen atoms in total. The van der Waals surface area contributed by atoms with Crippen LogP contribution in [0.15, 0.2) is 11.6 Å². The van der Waals surface area contributed by atoms with Gasteiger partial charge in [0.1, 0.15) is 0 Å². The predicted molar refractivity (Wildman–Crippen MR) is 94.2 cm³/mol. The molecule has 0 saturated heterocycles. The number of nitrogens with zero attached hydrogens (tertiary/aromatic N) is 1. The lowest BCUT2D eigenvalue weighted by atomic mass is 10.1. The number of halogens is 1. The molecule has 1 rings (SSSR count). The van der Waals surface area contributed by atoms with Gasteiger partial charge < -0.3 is 4.90 Å². The molecule has 0 spiro atoms. The molecule has 1 aliphatic heterocycles. The molecule has 1 aliphatic rings. The highest BCUT2D eigenvalue weighted by Gasteiger charge is 2.15. The predicted octanol–water partition coefficient (Wildman–Crippen LogP) is 6.73. The van der Waals surface area contributed by atoms with Crippen molar-refractivity contribution >= 4 is 23.4 Å². The van der Waals surface area contributed by atoms with Crippen molar-refractivity contribution < 1.29 is 0 Å². The van der Waals surface area contributed by atoms with Gasteiger partial charge in [0.2, 0.25) is 0 Å². The van der Waals surface area contributed by atoms with Crippen molar-refractivity contribution in [3.8, 4) is 0 Å². The number of rotatable bonds is 13. The molecule has 0 aromatic carbocycles. The first kappa shape index (κ1) is 18.2. The molecule has 1 atom stereocenters. The van der Waals surface area contributed by atoms with Gasteiger partial charge in [-0.3, -0.25) is 0 Å². The van der Waals surface area contributed by atoms with Crippen LogP contribution >= 0.6 is 23.4 Å². The van der Waals surface area contributed by atoms with Gasteiger partial charge >= 0.3 is 0 Å². The van der Waals surface area contributed by atoms with Crippen molar-refractivity contribution in [2.24, 2.45) is 0 Å². The standard InChI is InChI=1S/C17H32ClNS/c1-2-3-4-5-6-7-8-9-10-11-12-13-14-19-15-16-20-17(19)18/h15-17H,2-14H2,1H3. The van der Waals surface area contributed by atoms with E-state index in [-0.39, 0.29) is 4.83 Å². The van der Waals surface area contributed by atoms with Crippen molar-refractivity contribution in [1.82, 2.24) is 4.90 Å². The van der Waals surface area contributed by atoms with Crippen molar-refractivity contribution in [2.45, 2.75) is 88.8 Å². The Labute approximate surface area is 135 Å². The zero-order chi connectivity index (χ0) is 14.5. The number of thioether (sulfide) groups is 1. The summed E-state index contributed by atoms with van der Waals surface area (Å²) in [5.74, 6) is 0. The van der Waals surface area contributed by atoms with Gasteiger partial charge in [0.05, 0.1) is 0 Å². The van der Waals surface area contributed by atoms with Gasteiger partial charge in [-0.15, -0.1) is 0 Å². The maximum absolute atomic E-state index is 6.15. The Hall–Kier alpha value is 0.180. The van der Waals surface area contributed by atoms with Crippen LogP contribution in [0.25, 0.3) is 0 Å². The smallest absolute Gasteiger partial charge is 0.154 e. The van der Waals surface area contributed by atoms with E-state index in [2.05, 4.69) is 23.4 Å². The van der Waals surface area contributed by atoms with Crippen LogP contribution in [0.1, 0.15) is 84.0 Å². The summed E-state index contributed by atoms with van der Waals surface area (Å²) < 4.78 is 0. The first-order valence-corrected chi connectivity index (χ1v) is 9.94. The van der Waals surface area contributed by atoms with Gasteiger partial charge in [0, 0.05) is 12.7 Å². The average Bonchev–Trinajstić information content (AvgIpc) is 2.85. The quantitative estimate of drug-likeness (QED) is 0.210. The van der Waals surface area contributed by atoms with Gasteiger partial charge in [-0.1, -0.05) is 101 Å². The molecule has 3 heteroatoms. The van der Waals surface area contributed by atoms with Crippen molar-refractivity contribution in [3.05, 3.63) is 11.6 Å². The fraction of sp³-hybridized carbons (Fsp3) is 0.882. The Morgan fingerprint density at radius 3 is 1.80 bits per heavy atom. The third-order valence-electron chi connectivity index (χ3n) is 3.97. The first-order valence-electron chi connectivity index (χ1n) is 8.56. The lowest BCUT2D eigenvalue weighted by Crippen LogP contribution is -2.20. The van der Waals surface area contributed by atoms with Crippen molar-refractivity contribution in [2.75, 3.05) is 6.54 Å². The van der Waals surface area contributed by atoms with E-state index >= 15 is 0 Å². The second kappa shape index (κ2) is 12.9. The van der Waals surface area contributed by atoms with Crippen LogP contribution in [0.2, 0.25) is 0 Å². The molecule has 0 fully saturated rings. The van der Waals surface area contributed by atoms with Gasteiger partial charge in [0.15, 0.2) is 4.83 Å². The summed E-state index contributed by atoms with van der Waals surface area (Å²) in [6, 6.07) is 0. The Morgan fingerprint density at radius 2 is 1.35 bits per heavy atom. The van der Waals surface area contributed by atoms with E-state index in [1.165, 1.54) is 77.0 Å². The monoisotopic (exact) mass is 317 g/mol. The van der Waals surface area contributed by atoms with Gasteiger partial charge in [-0.05, 0) is 11.8 Å². The van der Waals surface area contributed by atoms with Crippen LogP contribution in [-0.4, -0.2) is 16.3 Å². The molecule has 0 N–H and O–H groups in total. The Balaban J connectivity index is 1.73. The number of hydrogen-bond acceptors (Lipinski definition) is 2. The average molecular weight is 318 g/mol. The van der Waals surface area contributed by atoms with E-state index in [0.717, 1.165) is 6.54 Å². The minimum atomic E-state index is 0.141. The second-order valence-corrected chi connectivity index (χ2v) is 7.50. The molecule has 1 heterocycles. The molecule has 118 valence electrons. The zero-order valence-electron chi connectivity index (χ0n) is 13.2. The third kappa shape index (κ3) is 9.18. The SMILES string of the molecule is CCCCCCCCCCCCCCN1C=CSC1Cl. The highest BCUT2D eigenvalue weighted by atomic mass is 35.5. The first-order chi connectivity index (χ1) is 9.84. The summed E-state index contributed by atoms with van der Waals surface area (Å²) in [4.78, 5) is 2.38. The molecule has 0 radical (unpaired) electrons. The van der Waals surface area contributed by atoms with Crippen LogP contribution in [-0.2, 0) is 0 Å². The van der Waals surface area contributed by atoms with Crippen LogP contribution in [0.4, 0.5) is 0 Å². The molecule has 0 saturated carbocycles. The Kier molecular flexibility index (Phi) is 11.7. The summed E-state index contributed by atoms with van der Waals surface area (Å²) in [5, 5.41) is 2.10. The van der Waals surface area contributed by atoms with Crippen molar-refractivity contribution in [1.29, 1.82) is 0 Å². The number of alkyl halides is 1. The van der Waals surface area contributed by atoms with Gasteiger partial charge in [-0.2, -0.15) is 0 Å². The highest BCUT2D eigenvalue weighted by molar-refractivity contribution is 8.04. The maximum atomic E-state index is 6.15. The third-order valence-corrected chi connectivity index (χ3v) is 5.31. The molecular weight excluding hydrogens is 286 g/mol. The summed E-state index contributed by atoms with van der Waals surface area (Å²) >= 11 is 7.85. The number of hydrogen-bond donors (Lipinski definition) is 0. The Bertz CT molecular complexity index is 245. The van der Waals surface area contributed by atoms with E-state index in [1.807, 2.05) is 0 Å². The van der Waals surface area contributed by atoms with E-state index in [4.69, 9.17) is 11.6 Å². The summed E-state index contributed by atoms with van der Waals surface area (Å²) in [7, 11) is 0. The summed E-state index contributed by atoms with van der Waals surface area (Å²) in [6.07, 6.45) is 19.1. The minimum Gasteiger partial charge on any atom is -0.352 e. The van der Waals surface area contributed by atoms with Gasteiger partial charge in [-0.25, -0.2) is 0 Å². The fourth-order valence-electron chi connectivity index (χ4n) is 2.64. The second-order valence-electron chi connectivity index (χ2n) is 5.84. The summed E-state index contributed by atoms with van der Waals surface area (Å²) in [6.45, 7) is 3.40. The zero-order valence-corrected chi connectivity index (χ0v) is 14.7. The van der Waals surface area contributed by atoms with Crippen LogP contribution in [0, 0.1) is 0 Å². The van der Waals surface area contributed by atoms with E-state index in [9.17, 15) is 0 Å². The molecule has 0 aromatic heterocycles. The minimum absolute atomic E-state index is 0.141. The number of unbranched alkanes of at least 4 members (excludes halogenated alkanes) is 11. The topological polar surface area (TPSA) is 3.24 Å². The normalized spacial score (nSPS) is 18.1. The fourth-order valence-corrected chi connectivity index (χ4v) is 3.66. The van der Waals surface area contributed by atoms with Crippen LogP contribution in [0.3, 0.4) is 0 Å².